The highest BCUT2D eigenvalue weighted by molar-refractivity contribution is 5.94. The summed E-state index contributed by atoms with van der Waals surface area (Å²) in [5.41, 5.74) is 4.33. The fourth-order valence-electron chi connectivity index (χ4n) is 8.05. The molecule has 358 valence electrons. The van der Waals surface area contributed by atoms with Crippen molar-refractivity contribution in [3.63, 3.8) is 0 Å². The fourth-order valence-corrected chi connectivity index (χ4v) is 8.05. The molecule has 0 aliphatic carbocycles. The number of benzene rings is 1. The number of hydrogen-bond donors (Lipinski definition) is 5. The summed E-state index contributed by atoms with van der Waals surface area (Å²) in [6.45, 7) is 20.7. The van der Waals surface area contributed by atoms with Gasteiger partial charge in [-0.2, -0.15) is 0 Å². The molecule has 1 aromatic carbocycles. The van der Waals surface area contributed by atoms with Gasteiger partial charge in [-0.05, 0) is 78.2 Å². The lowest BCUT2D eigenvalue weighted by atomic mass is 9.89. The van der Waals surface area contributed by atoms with Crippen molar-refractivity contribution in [2.75, 3.05) is 34.4 Å². The van der Waals surface area contributed by atoms with Crippen molar-refractivity contribution in [3.05, 3.63) is 35.9 Å². The number of carboxylic acids is 1. The van der Waals surface area contributed by atoms with Crippen LogP contribution in [0.25, 0.3) is 0 Å². The first-order chi connectivity index (χ1) is 29.2. The van der Waals surface area contributed by atoms with Crippen molar-refractivity contribution in [1.82, 2.24) is 25.8 Å². The highest BCUT2D eigenvalue weighted by Crippen LogP contribution is 2.30. The summed E-state index contributed by atoms with van der Waals surface area (Å²) in [5.74, 6) is -4.36. The molecule has 8 atom stereocenters. The molecule has 1 fully saturated rings. The minimum atomic E-state index is -1.35. The number of likely N-dealkylation sites (tertiary alicyclic amines) is 1. The van der Waals surface area contributed by atoms with Crippen LogP contribution in [0.5, 0.6) is 0 Å². The number of nitrogens with zero attached hydrogens (tertiary/aromatic N) is 2. The van der Waals surface area contributed by atoms with Gasteiger partial charge in [0.2, 0.25) is 29.5 Å². The summed E-state index contributed by atoms with van der Waals surface area (Å²) in [5, 5.41) is 18.3. The number of likely N-dealkylation sites (N-methyl/N-ethyl adjacent to an activating group) is 1. The van der Waals surface area contributed by atoms with Crippen molar-refractivity contribution in [3.8, 4) is 0 Å². The van der Waals surface area contributed by atoms with Crippen molar-refractivity contribution >= 4 is 35.5 Å². The van der Waals surface area contributed by atoms with Gasteiger partial charge in [0.15, 0.2) is 0 Å². The van der Waals surface area contributed by atoms with E-state index in [9.17, 15) is 33.9 Å². The quantitative estimate of drug-likeness (QED) is 0.0894. The number of methoxy groups -OCH3 is 2. The molecular weight excluding hydrogens is 809 g/mol. The van der Waals surface area contributed by atoms with Crippen LogP contribution in [-0.2, 0) is 49.4 Å². The number of aliphatic carboxylic acids is 1. The standard InChI is InChI=1S/C47H80N6O10/c1-15-30(4)39(52(12)42(57)38(29(2)3)50-44(60)47(10,11)51-36(54)23-24-46(8,9)63-28-45(6,7)48)35(61-13)27-37(55)53-25-19-22-34(53)40(62-14)31(5)41(56)49-33(43(58)59)26-32-20-17-16-18-21-32/h16-18,20-21,29-31,33-35,38-40H,15,19,22-28,48H2,1-14H3,(H,49,56)(H,50,60)(H,51,54)(H,58,59)/t30-,31+,33-,34-,35+,38-,39-,40+/m0/s1. The summed E-state index contributed by atoms with van der Waals surface area (Å²) in [4.78, 5) is 84.6. The summed E-state index contributed by atoms with van der Waals surface area (Å²) in [7, 11) is 4.64. The van der Waals surface area contributed by atoms with E-state index >= 15 is 0 Å². The molecule has 16 nitrogen and oxygen atoms in total. The second-order valence-electron chi connectivity index (χ2n) is 19.6. The Bertz CT molecular complexity index is 1660. The van der Waals surface area contributed by atoms with Gasteiger partial charge in [0.25, 0.3) is 0 Å². The zero-order valence-corrected chi connectivity index (χ0v) is 40.5. The summed E-state index contributed by atoms with van der Waals surface area (Å²) < 4.78 is 17.8. The molecule has 0 unspecified atom stereocenters. The fraction of sp³-hybridized carbons (Fsp3) is 0.745. The van der Waals surface area contributed by atoms with Crippen LogP contribution in [0.15, 0.2) is 30.3 Å². The van der Waals surface area contributed by atoms with E-state index in [0.717, 1.165) is 5.56 Å². The molecule has 5 amide bonds. The lowest BCUT2D eigenvalue weighted by Crippen LogP contribution is -2.62. The molecule has 0 radical (unpaired) electrons. The van der Waals surface area contributed by atoms with Gasteiger partial charge in [0.05, 0.1) is 48.8 Å². The SMILES string of the molecule is CC[C@H](C)[C@@H]([C@@H](CC(=O)N1CCC[C@H]1[C@H](OC)[C@@H](C)C(=O)N[C@@H](Cc1ccccc1)C(=O)O)OC)N(C)C(=O)[C@@H](NC(=O)C(C)(C)NC(=O)CCC(C)(C)OCC(C)(C)N)C(C)C. The maximum absolute atomic E-state index is 14.4. The molecular formula is C47H80N6O10. The van der Waals surface area contributed by atoms with Crippen molar-refractivity contribution in [2.24, 2.45) is 23.5 Å². The molecule has 1 aliphatic rings. The number of ether oxygens (including phenoxy) is 3. The second kappa shape index (κ2) is 24.2. The number of hydrogen-bond acceptors (Lipinski definition) is 10. The molecule has 0 saturated carbocycles. The van der Waals surface area contributed by atoms with E-state index in [1.165, 1.54) is 14.2 Å². The summed E-state index contributed by atoms with van der Waals surface area (Å²) in [6.07, 6.45) is 0.997. The number of rotatable bonds is 26. The van der Waals surface area contributed by atoms with Gasteiger partial charge in [-0.1, -0.05) is 71.4 Å². The van der Waals surface area contributed by atoms with Crippen LogP contribution in [0.1, 0.15) is 120 Å². The van der Waals surface area contributed by atoms with E-state index in [1.54, 1.807) is 61.9 Å². The Morgan fingerprint density at radius 3 is 2.10 bits per heavy atom. The molecule has 0 spiro atoms. The minimum absolute atomic E-state index is 0.0710. The maximum Gasteiger partial charge on any atom is 0.326 e. The third-order valence-corrected chi connectivity index (χ3v) is 12.2. The van der Waals surface area contributed by atoms with Crippen LogP contribution >= 0.6 is 0 Å². The first-order valence-corrected chi connectivity index (χ1v) is 22.4. The third kappa shape index (κ3) is 16.7. The molecule has 1 heterocycles. The van der Waals surface area contributed by atoms with Crippen LogP contribution < -0.4 is 21.7 Å². The van der Waals surface area contributed by atoms with Gasteiger partial charge < -0.3 is 50.8 Å². The summed E-state index contributed by atoms with van der Waals surface area (Å²) in [6, 6.07) is 5.90. The zero-order chi connectivity index (χ0) is 48.0. The van der Waals surface area contributed by atoms with Gasteiger partial charge in [-0.25, -0.2) is 4.79 Å². The number of carboxylic acid groups (broad SMARTS) is 1. The average molecular weight is 889 g/mol. The second-order valence-corrected chi connectivity index (χ2v) is 19.6. The van der Waals surface area contributed by atoms with E-state index in [4.69, 9.17) is 19.9 Å². The Balaban J connectivity index is 2.21. The molecule has 1 aromatic rings. The van der Waals surface area contributed by atoms with Crippen LogP contribution in [0.2, 0.25) is 0 Å². The third-order valence-electron chi connectivity index (χ3n) is 12.2. The largest absolute Gasteiger partial charge is 0.480 e. The van der Waals surface area contributed by atoms with E-state index in [-0.39, 0.29) is 48.8 Å². The van der Waals surface area contributed by atoms with Crippen molar-refractivity contribution in [1.29, 1.82) is 0 Å². The predicted octanol–water partition coefficient (Wildman–Crippen LogP) is 4.07. The van der Waals surface area contributed by atoms with Crippen molar-refractivity contribution in [2.45, 2.75) is 174 Å². The molecule has 1 aliphatic heterocycles. The minimum Gasteiger partial charge on any atom is -0.480 e. The van der Waals surface area contributed by atoms with Gasteiger partial charge >= 0.3 is 5.97 Å². The molecule has 6 N–H and O–H groups in total. The first kappa shape index (κ1) is 55.0. The molecule has 63 heavy (non-hydrogen) atoms. The van der Waals surface area contributed by atoms with Crippen LogP contribution in [0, 0.1) is 17.8 Å². The van der Waals surface area contributed by atoms with Crippen LogP contribution in [-0.4, -0.2) is 138 Å². The van der Waals surface area contributed by atoms with Gasteiger partial charge in [-0.15, -0.1) is 0 Å². The monoisotopic (exact) mass is 889 g/mol. The number of carbonyl (C=O) groups excluding carboxylic acids is 5. The Morgan fingerprint density at radius 1 is 0.952 bits per heavy atom. The first-order valence-electron chi connectivity index (χ1n) is 22.4. The zero-order valence-electron chi connectivity index (χ0n) is 40.5. The highest BCUT2D eigenvalue weighted by Gasteiger charge is 2.44. The van der Waals surface area contributed by atoms with E-state index < -0.39 is 76.8 Å². The Kier molecular flexibility index (Phi) is 21.2. The number of carbonyl (C=O) groups is 6. The normalized spacial score (nSPS) is 18.1. The maximum atomic E-state index is 14.4. The highest BCUT2D eigenvalue weighted by atomic mass is 16.5. The van der Waals surface area contributed by atoms with Crippen LogP contribution in [0.4, 0.5) is 0 Å². The average Bonchev–Trinajstić information content (AvgIpc) is 3.70. The van der Waals surface area contributed by atoms with Gasteiger partial charge in [-0.3, -0.25) is 24.0 Å². The smallest absolute Gasteiger partial charge is 0.326 e. The Morgan fingerprint density at radius 2 is 1.57 bits per heavy atom. The van der Waals surface area contributed by atoms with E-state index in [1.807, 2.05) is 61.5 Å². The number of nitrogens with one attached hydrogen (secondary N) is 3. The van der Waals surface area contributed by atoms with Gasteiger partial charge in [0, 0.05) is 46.2 Å². The molecule has 0 aromatic heterocycles. The predicted molar refractivity (Wildman–Crippen MR) is 242 cm³/mol. The topological polar surface area (TPSA) is 219 Å². The molecule has 1 saturated heterocycles. The van der Waals surface area contributed by atoms with E-state index in [2.05, 4.69) is 16.0 Å². The lowest BCUT2D eigenvalue weighted by Gasteiger charge is -2.41. The van der Waals surface area contributed by atoms with Gasteiger partial charge in [0.1, 0.15) is 17.6 Å². The Hall–Kier alpha value is -4.12. The number of nitrogens with two attached hydrogens (primary N) is 1. The van der Waals surface area contributed by atoms with Crippen molar-refractivity contribution < 1.29 is 48.1 Å². The van der Waals surface area contributed by atoms with E-state index in [0.29, 0.717) is 38.8 Å². The number of amides is 5. The molecule has 16 heteroatoms. The lowest BCUT2D eigenvalue weighted by molar-refractivity contribution is -0.148. The molecule has 2 rings (SSSR count). The summed E-state index contributed by atoms with van der Waals surface area (Å²) >= 11 is 0. The molecule has 0 bridgehead atoms. The Labute approximate surface area is 376 Å². The van der Waals surface area contributed by atoms with Crippen LogP contribution in [0.3, 0.4) is 0 Å².